The van der Waals surface area contributed by atoms with Gasteiger partial charge < -0.3 is 9.42 Å². The van der Waals surface area contributed by atoms with Gasteiger partial charge in [-0.25, -0.2) is 4.98 Å². The number of hydrogen-bond acceptors (Lipinski definition) is 5. The van der Waals surface area contributed by atoms with E-state index in [2.05, 4.69) is 32.9 Å². The first-order chi connectivity index (χ1) is 12.1. The molecular formula is C20H28N4O. The van der Waals surface area contributed by atoms with Crippen molar-refractivity contribution in [3.63, 3.8) is 0 Å². The lowest BCUT2D eigenvalue weighted by molar-refractivity contribution is 0.0986. The van der Waals surface area contributed by atoms with Crippen molar-refractivity contribution >= 4 is 5.82 Å². The van der Waals surface area contributed by atoms with Gasteiger partial charge in [-0.2, -0.15) is 0 Å². The fourth-order valence-electron chi connectivity index (χ4n) is 4.65. The third-order valence-electron chi connectivity index (χ3n) is 6.02. The fourth-order valence-corrected chi connectivity index (χ4v) is 4.65. The predicted molar refractivity (Wildman–Crippen MR) is 98.7 cm³/mol. The number of piperidine rings is 1. The average molecular weight is 340 g/mol. The molecule has 2 fully saturated rings. The quantitative estimate of drug-likeness (QED) is 0.856. The van der Waals surface area contributed by atoms with Crippen LogP contribution < -0.4 is 4.90 Å². The van der Waals surface area contributed by atoms with E-state index in [1.165, 1.54) is 49.3 Å². The molecule has 2 aliphatic heterocycles. The van der Waals surface area contributed by atoms with Gasteiger partial charge in [-0.1, -0.05) is 11.2 Å². The summed E-state index contributed by atoms with van der Waals surface area (Å²) in [4.78, 5) is 9.73. The molecule has 0 bridgehead atoms. The number of likely N-dealkylation sites (tertiary alicyclic amines) is 1. The molecule has 0 radical (unpaired) electrons. The van der Waals surface area contributed by atoms with Crippen molar-refractivity contribution in [1.29, 1.82) is 0 Å². The van der Waals surface area contributed by atoms with Gasteiger partial charge >= 0.3 is 0 Å². The van der Waals surface area contributed by atoms with Crippen LogP contribution in [0.25, 0.3) is 0 Å². The van der Waals surface area contributed by atoms with Crippen LogP contribution in [0, 0.1) is 26.2 Å². The van der Waals surface area contributed by atoms with E-state index in [1.54, 1.807) is 0 Å². The van der Waals surface area contributed by atoms with Crippen LogP contribution in [-0.4, -0.2) is 41.2 Å². The lowest BCUT2D eigenvalue weighted by Crippen LogP contribution is -2.44. The van der Waals surface area contributed by atoms with E-state index in [0.717, 1.165) is 31.1 Å². The first kappa shape index (κ1) is 16.6. The Hall–Kier alpha value is -1.88. The highest BCUT2D eigenvalue weighted by Gasteiger charge is 2.42. The van der Waals surface area contributed by atoms with E-state index >= 15 is 0 Å². The molecule has 5 nitrogen and oxygen atoms in total. The van der Waals surface area contributed by atoms with Crippen LogP contribution in [0.15, 0.2) is 22.9 Å². The van der Waals surface area contributed by atoms with Gasteiger partial charge in [-0.05, 0) is 58.2 Å². The van der Waals surface area contributed by atoms with E-state index in [4.69, 9.17) is 4.52 Å². The molecule has 0 aromatic carbocycles. The molecule has 1 unspecified atom stereocenters. The molecule has 2 aromatic rings. The first-order valence-corrected chi connectivity index (χ1v) is 9.37. The number of aromatic nitrogens is 2. The molecule has 4 heterocycles. The number of anilines is 1. The molecular weight excluding hydrogens is 312 g/mol. The molecule has 25 heavy (non-hydrogen) atoms. The Bertz CT molecular complexity index is 736. The van der Waals surface area contributed by atoms with E-state index in [9.17, 15) is 0 Å². The summed E-state index contributed by atoms with van der Waals surface area (Å²) in [6.07, 6.45) is 5.78. The number of hydrogen-bond donors (Lipinski definition) is 0. The molecule has 1 spiro atoms. The first-order valence-electron chi connectivity index (χ1n) is 9.37. The monoisotopic (exact) mass is 340 g/mol. The molecule has 2 aliphatic rings. The summed E-state index contributed by atoms with van der Waals surface area (Å²) < 4.78 is 5.35. The SMILES string of the molecule is Cc1cccnc1N1CCC2(CCCN(Cc3c(C)noc3C)C2)C1. The van der Waals surface area contributed by atoms with Gasteiger partial charge in [0.25, 0.3) is 0 Å². The van der Waals surface area contributed by atoms with Crippen LogP contribution in [0.2, 0.25) is 0 Å². The Kier molecular flexibility index (Phi) is 4.28. The Labute approximate surface area is 150 Å². The summed E-state index contributed by atoms with van der Waals surface area (Å²) in [5, 5.41) is 4.11. The minimum Gasteiger partial charge on any atom is -0.361 e. The summed E-state index contributed by atoms with van der Waals surface area (Å²) in [6.45, 7) is 11.8. The molecule has 5 heteroatoms. The summed E-state index contributed by atoms with van der Waals surface area (Å²) in [5.74, 6) is 2.14. The predicted octanol–water partition coefficient (Wildman–Crippen LogP) is 3.49. The Morgan fingerprint density at radius 3 is 2.80 bits per heavy atom. The van der Waals surface area contributed by atoms with Crippen LogP contribution in [0.3, 0.4) is 0 Å². The molecule has 0 aliphatic carbocycles. The largest absolute Gasteiger partial charge is 0.361 e. The highest BCUT2D eigenvalue weighted by molar-refractivity contribution is 5.47. The van der Waals surface area contributed by atoms with Gasteiger partial charge in [0.1, 0.15) is 11.6 Å². The molecule has 0 N–H and O–H groups in total. The normalized spacial score (nSPS) is 24.4. The van der Waals surface area contributed by atoms with Crippen molar-refractivity contribution in [2.24, 2.45) is 5.41 Å². The summed E-state index contributed by atoms with van der Waals surface area (Å²) in [6, 6.07) is 4.19. The zero-order valence-corrected chi connectivity index (χ0v) is 15.6. The summed E-state index contributed by atoms with van der Waals surface area (Å²) in [7, 11) is 0. The van der Waals surface area contributed by atoms with Gasteiger partial charge in [0.2, 0.25) is 0 Å². The number of rotatable bonds is 3. The van der Waals surface area contributed by atoms with Crippen molar-refractivity contribution in [3.8, 4) is 0 Å². The average Bonchev–Trinajstić information content (AvgIpc) is 3.14. The molecule has 0 amide bonds. The summed E-state index contributed by atoms with van der Waals surface area (Å²) in [5.41, 5.74) is 3.99. The van der Waals surface area contributed by atoms with E-state index in [1.807, 2.05) is 26.1 Å². The van der Waals surface area contributed by atoms with E-state index < -0.39 is 0 Å². The van der Waals surface area contributed by atoms with Crippen LogP contribution >= 0.6 is 0 Å². The molecule has 4 rings (SSSR count). The zero-order valence-electron chi connectivity index (χ0n) is 15.6. The zero-order chi connectivity index (χ0) is 17.4. The summed E-state index contributed by atoms with van der Waals surface area (Å²) >= 11 is 0. The minimum atomic E-state index is 0.404. The smallest absolute Gasteiger partial charge is 0.138 e. The van der Waals surface area contributed by atoms with Crippen molar-refractivity contribution in [2.45, 2.75) is 46.6 Å². The molecule has 1 atom stereocenters. The number of nitrogens with zero attached hydrogens (tertiary/aromatic N) is 4. The standard InChI is InChI=1S/C20H28N4O/c1-15-6-4-9-21-19(15)24-11-8-20(14-24)7-5-10-23(13-20)12-18-16(2)22-25-17(18)3/h4,6,9H,5,7-8,10-14H2,1-3H3. The van der Waals surface area contributed by atoms with E-state index in [-0.39, 0.29) is 0 Å². The van der Waals surface area contributed by atoms with Gasteiger partial charge in [0.15, 0.2) is 0 Å². The third-order valence-corrected chi connectivity index (χ3v) is 6.02. The lowest BCUT2D eigenvalue weighted by Gasteiger charge is -2.40. The maximum absolute atomic E-state index is 5.35. The maximum Gasteiger partial charge on any atom is 0.138 e. The Morgan fingerprint density at radius 1 is 1.16 bits per heavy atom. The van der Waals surface area contributed by atoms with Gasteiger partial charge in [0.05, 0.1) is 5.69 Å². The molecule has 2 aromatic heterocycles. The molecule has 134 valence electrons. The van der Waals surface area contributed by atoms with E-state index in [0.29, 0.717) is 5.41 Å². The number of aryl methyl sites for hydroxylation is 3. The second kappa shape index (κ2) is 6.45. The second-order valence-corrected chi connectivity index (χ2v) is 7.93. The molecule has 2 saturated heterocycles. The van der Waals surface area contributed by atoms with Crippen LogP contribution in [0.1, 0.15) is 41.8 Å². The van der Waals surface area contributed by atoms with Crippen molar-refractivity contribution in [3.05, 3.63) is 40.9 Å². The van der Waals surface area contributed by atoms with Crippen LogP contribution in [0.5, 0.6) is 0 Å². The minimum absolute atomic E-state index is 0.404. The topological polar surface area (TPSA) is 45.4 Å². The van der Waals surface area contributed by atoms with Gasteiger partial charge in [-0.15, -0.1) is 0 Å². The van der Waals surface area contributed by atoms with Crippen LogP contribution in [0.4, 0.5) is 5.82 Å². The van der Waals surface area contributed by atoms with Crippen molar-refractivity contribution in [2.75, 3.05) is 31.1 Å². The maximum atomic E-state index is 5.35. The highest BCUT2D eigenvalue weighted by Crippen LogP contribution is 2.41. The number of pyridine rings is 1. The fraction of sp³-hybridized carbons (Fsp3) is 0.600. The van der Waals surface area contributed by atoms with Crippen molar-refractivity contribution < 1.29 is 4.52 Å². The van der Waals surface area contributed by atoms with Crippen LogP contribution in [-0.2, 0) is 6.54 Å². The lowest BCUT2D eigenvalue weighted by atomic mass is 9.79. The van der Waals surface area contributed by atoms with Gasteiger partial charge in [0, 0.05) is 43.4 Å². The molecule has 0 saturated carbocycles. The Balaban J connectivity index is 1.47. The Morgan fingerprint density at radius 2 is 2.04 bits per heavy atom. The third kappa shape index (κ3) is 3.17. The second-order valence-electron chi connectivity index (χ2n) is 7.93. The van der Waals surface area contributed by atoms with Gasteiger partial charge in [-0.3, -0.25) is 4.90 Å². The van der Waals surface area contributed by atoms with Crippen molar-refractivity contribution in [1.82, 2.24) is 15.0 Å². The highest BCUT2D eigenvalue weighted by atomic mass is 16.5.